The first-order valence-electron chi connectivity index (χ1n) is 11.2. The van der Waals surface area contributed by atoms with Gasteiger partial charge >= 0.3 is 0 Å². The lowest BCUT2D eigenvalue weighted by molar-refractivity contribution is -0.117. The molecule has 4 N–H and O–H groups in total. The molecule has 0 atom stereocenters. The van der Waals surface area contributed by atoms with E-state index in [4.69, 9.17) is 5.73 Å². The maximum Gasteiger partial charge on any atom is 0.255 e. The van der Waals surface area contributed by atoms with E-state index >= 15 is 0 Å². The fraction of sp³-hybridized carbons (Fsp3) is 0.143. The van der Waals surface area contributed by atoms with Crippen LogP contribution in [0.2, 0.25) is 0 Å². The number of para-hydroxylation sites is 2. The van der Waals surface area contributed by atoms with Crippen LogP contribution in [-0.4, -0.2) is 17.9 Å². The molecular weight excluding hydrogens is 410 g/mol. The van der Waals surface area contributed by atoms with E-state index in [9.17, 15) is 9.59 Å². The van der Waals surface area contributed by atoms with Gasteiger partial charge in [0.1, 0.15) is 0 Å². The second kappa shape index (κ2) is 8.79. The zero-order valence-electron chi connectivity index (χ0n) is 18.2. The highest BCUT2D eigenvalue weighted by Gasteiger charge is 2.28. The van der Waals surface area contributed by atoms with Crippen molar-refractivity contribution < 1.29 is 9.59 Å². The Morgan fingerprint density at radius 1 is 0.909 bits per heavy atom. The number of carbonyl (C=O) groups excluding carboxylic acids is 2. The van der Waals surface area contributed by atoms with Gasteiger partial charge in [-0.25, -0.2) is 0 Å². The summed E-state index contributed by atoms with van der Waals surface area (Å²) in [6, 6.07) is 22.8. The van der Waals surface area contributed by atoms with Crippen molar-refractivity contribution in [3.63, 3.8) is 0 Å². The number of nitrogens with one attached hydrogen (secondary N) is 2. The highest BCUT2D eigenvalue weighted by molar-refractivity contribution is 6.14. The molecule has 0 heterocycles. The third-order valence-electron chi connectivity index (χ3n) is 5.97. The number of fused-ring (bicyclic) bond motifs is 1. The van der Waals surface area contributed by atoms with Gasteiger partial charge in [-0.2, -0.15) is 0 Å². The molecule has 0 radical (unpaired) electrons. The SMILES string of the molecule is Nc1ccccc1NC(=O)c1ccc(/C=C(/C(=O)NC2CC2)C2=CCc3ccccc32)cc1. The Morgan fingerprint density at radius 3 is 2.39 bits per heavy atom. The van der Waals surface area contributed by atoms with Crippen molar-refractivity contribution in [3.8, 4) is 0 Å². The number of allylic oxidation sites excluding steroid dienone is 1. The Balaban J connectivity index is 1.40. The molecule has 2 aliphatic rings. The monoisotopic (exact) mass is 435 g/mol. The summed E-state index contributed by atoms with van der Waals surface area (Å²) < 4.78 is 0. The third-order valence-corrected chi connectivity index (χ3v) is 5.97. The highest BCUT2D eigenvalue weighted by atomic mass is 16.2. The Bertz CT molecular complexity index is 1280. The number of benzene rings is 3. The smallest absolute Gasteiger partial charge is 0.255 e. The Kier molecular flexibility index (Phi) is 5.53. The summed E-state index contributed by atoms with van der Waals surface area (Å²) in [5, 5.41) is 5.96. The van der Waals surface area contributed by atoms with Crippen molar-refractivity contribution in [1.29, 1.82) is 0 Å². The largest absolute Gasteiger partial charge is 0.397 e. The maximum absolute atomic E-state index is 13.1. The van der Waals surface area contributed by atoms with Gasteiger partial charge in [0.05, 0.1) is 11.4 Å². The van der Waals surface area contributed by atoms with Crippen LogP contribution in [0.25, 0.3) is 11.6 Å². The average molecular weight is 436 g/mol. The summed E-state index contributed by atoms with van der Waals surface area (Å²) in [6.07, 6.45) is 6.91. The summed E-state index contributed by atoms with van der Waals surface area (Å²) in [4.78, 5) is 25.7. The van der Waals surface area contributed by atoms with E-state index < -0.39 is 0 Å². The van der Waals surface area contributed by atoms with Crippen LogP contribution < -0.4 is 16.4 Å². The predicted octanol–water partition coefficient (Wildman–Crippen LogP) is 4.82. The molecule has 0 unspecified atom stereocenters. The van der Waals surface area contributed by atoms with Crippen LogP contribution in [0, 0.1) is 0 Å². The Morgan fingerprint density at radius 2 is 1.64 bits per heavy atom. The summed E-state index contributed by atoms with van der Waals surface area (Å²) in [5.74, 6) is -0.288. The number of carbonyl (C=O) groups is 2. The van der Waals surface area contributed by atoms with Gasteiger partial charge in [0.25, 0.3) is 11.8 Å². The first-order chi connectivity index (χ1) is 16.1. The molecule has 1 saturated carbocycles. The number of hydrogen-bond donors (Lipinski definition) is 3. The second-order valence-corrected chi connectivity index (χ2v) is 8.45. The van der Waals surface area contributed by atoms with E-state index in [2.05, 4.69) is 28.8 Å². The molecule has 164 valence electrons. The van der Waals surface area contributed by atoms with E-state index in [1.165, 1.54) is 5.56 Å². The first kappa shape index (κ1) is 20.8. The van der Waals surface area contributed by atoms with Crippen molar-refractivity contribution in [2.45, 2.75) is 25.3 Å². The minimum Gasteiger partial charge on any atom is -0.397 e. The number of nitrogen functional groups attached to an aromatic ring is 1. The molecule has 3 aromatic rings. The van der Waals surface area contributed by atoms with Gasteiger partial charge in [-0.15, -0.1) is 0 Å². The lowest BCUT2D eigenvalue weighted by Crippen LogP contribution is -2.27. The summed E-state index contributed by atoms with van der Waals surface area (Å²) >= 11 is 0. The Hall–Kier alpha value is -4.12. The molecule has 3 aromatic carbocycles. The zero-order valence-corrected chi connectivity index (χ0v) is 18.2. The normalized spacial score (nSPS) is 14.9. The minimum atomic E-state index is -0.234. The van der Waals surface area contributed by atoms with E-state index in [0.29, 0.717) is 22.5 Å². The van der Waals surface area contributed by atoms with Gasteiger partial charge in [0.2, 0.25) is 0 Å². The summed E-state index contributed by atoms with van der Waals surface area (Å²) in [7, 11) is 0. The van der Waals surface area contributed by atoms with E-state index in [1.807, 2.05) is 42.5 Å². The van der Waals surface area contributed by atoms with Crippen LogP contribution in [-0.2, 0) is 11.2 Å². The lowest BCUT2D eigenvalue weighted by Gasteiger charge is -2.12. The number of nitrogens with two attached hydrogens (primary N) is 1. The molecule has 0 saturated heterocycles. The average Bonchev–Trinajstić information content (AvgIpc) is 3.55. The van der Waals surface area contributed by atoms with Gasteiger partial charge in [0.15, 0.2) is 0 Å². The minimum absolute atomic E-state index is 0.0539. The maximum atomic E-state index is 13.1. The number of anilines is 2. The molecule has 5 nitrogen and oxygen atoms in total. The van der Waals surface area contributed by atoms with Crippen molar-refractivity contribution in [1.82, 2.24) is 5.32 Å². The molecule has 0 bridgehead atoms. The summed E-state index contributed by atoms with van der Waals surface area (Å²) in [6.45, 7) is 0. The third kappa shape index (κ3) is 4.58. The van der Waals surface area contributed by atoms with Crippen LogP contribution in [0.5, 0.6) is 0 Å². The van der Waals surface area contributed by atoms with E-state index in [1.54, 1.807) is 24.3 Å². The molecule has 33 heavy (non-hydrogen) atoms. The topological polar surface area (TPSA) is 84.2 Å². The van der Waals surface area contributed by atoms with Crippen LogP contribution in [0.4, 0.5) is 11.4 Å². The van der Waals surface area contributed by atoms with Gasteiger partial charge in [0, 0.05) is 17.2 Å². The molecule has 0 spiro atoms. The number of amides is 2. The van der Waals surface area contributed by atoms with Gasteiger partial charge in [-0.05, 0) is 71.9 Å². The van der Waals surface area contributed by atoms with Crippen LogP contribution >= 0.6 is 0 Å². The number of rotatable bonds is 6. The molecule has 2 aliphatic carbocycles. The van der Waals surface area contributed by atoms with E-state index in [0.717, 1.165) is 36.0 Å². The predicted molar refractivity (Wildman–Crippen MR) is 133 cm³/mol. The number of hydrogen-bond acceptors (Lipinski definition) is 3. The second-order valence-electron chi connectivity index (χ2n) is 8.45. The van der Waals surface area contributed by atoms with Crippen LogP contribution in [0.1, 0.15) is 39.9 Å². The molecule has 0 aliphatic heterocycles. The quantitative estimate of drug-likeness (QED) is 0.383. The Labute approximate surface area is 193 Å². The van der Waals surface area contributed by atoms with E-state index in [-0.39, 0.29) is 17.9 Å². The van der Waals surface area contributed by atoms with Crippen molar-refractivity contribution in [3.05, 3.63) is 107 Å². The fourth-order valence-corrected chi connectivity index (χ4v) is 4.00. The molecule has 2 amide bonds. The van der Waals surface area contributed by atoms with Gasteiger partial charge < -0.3 is 16.4 Å². The zero-order chi connectivity index (χ0) is 22.8. The molecule has 5 heteroatoms. The van der Waals surface area contributed by atoms with Crippen molar-refractivity contribution >= 4 is 34.8 Å². The summed E-state index contributed by atoms with van der Waals surface area (Å²) in [5.41, 5.74) is 12.3. The molecule has 5 rings (SSSR count). The lowest BCUT2D eigenvalue weighted by atomic mass is 9.96. The van der Waals surface area contributed by atoms with Crippen LogP contribution in [0.3, 0.4) is 0 Å². The molecule has 1 fully saturated rings. The highest BCUT2D eigenvalue weighted by Crippen LogP contribution is 2.34. The van der Waals surface area contributed by atoms with Gasteiger partial charge in [-0.3, -0.25) is 9.59 Å². The fourth-order valence-electron chi connectivity index (χ4n) is 4.00. The molecule has 0 aromatic heterocycles. The van der Waals surface area contributed by atoms with Crippen molar-refractivity contribution in [2.75, 3.05) is 11.1 Å². The molecular formula is C28H25N3O2. The van der Waals surface area contributed by atoms with Crippen LogP contribution in [0.15, 0.2) is 84.4 Å². The van der Waals surface area contributed by atoms with Gasteiger partial charge in [-0.1, -0.05) is 54.6 Å². The van der Waals surface area contributed by atoms with Crippen molar-refractivity contribution in [2.24, 2.45) is 0 Å². The first-order valence-corrected chi connectivity index (χ1v) is 11.2. The standard InChI is InChI=1S/C28H25N3O2/c29-25-7-3-4-8-26(25)31-27(32)20-11-9-18(10-12-20)17-24(28(33)30-21-14-15-21)23-16-13-19-5-1-2-6-22(19)23/h1-12,16-17,21H,13-15,29H2,(H,30,33)(H,31,32)/b24-17+.